The molecule has 6 heteroatoms. The lowest BCUT2D eigenvalue weighted by Crippen LogP contribution is -2.31. The van der Waals surface area contributed by atoms with Crippen LogP contribution in [0.4, 0.5) is 5.82 Å². The Morgan fingerprint density at radius 1 is 1.30 bits per heavy atom. The molecule has 1 aromatic heterocycles. The van der Waals surface area contributed by atoms with Gasteiger partial charge in [0.15, 0.2) is 0 Å². The average molecular weight is 270 g/mol. The van der Waals surface area contributed by atoms with Crippen LogP contribution in [0.15, 0.2) is 36.9 Å². The van der Waals surface area contributed by atoms with Gasteiger partial charge in [0.25, 0.3) is 5.91 Å². The van der Waals surface area contributed by atoms with Crippen molar-refractivity contribution in [3.63, 3.8) is 0 Å². The highest BCUT2D eigenvalue weighted by Gasteiger charge is 2.17. The summed E-state index contributed by atoms with van der Waals surface area (Å²) < 4.78 is 0. The SMILES string of the molecule is C=Cc1ccc(-c2cc(C(N)=O)c(N(N)C=O)[nH]2)cc1. The monoisotopic (exact) mass is 270 g/mol. The Morgan fingerprint density at radius 3 is 2.45 bits per heavy atom. The molecule has 0 spiro atoms. The Balaban J connectivity index is 2.49. The molecule has 1 heterocycles. The number of primary amides is 1. The number of carbonyl (C=O) groups excluding carboxylic acids is 2. The predicted molar refractivity (Wildman–Crippen MR) is 77.6 cm³/mol. The predicted octanol–water partition coefficient (Wildman–Crippen LogP) is 1.26. The zero-order valence-corrected chi connectivity index (χ0v) is 10.7. The van der Waals surface area contributed by atoms with Crippen LogP contribution in [-0.4, -0.2) is 17.3 Å². The maximum absolute atomic E-state index is 11.4. The first-order chi connectivity index (χ1) is 9.56. The van der Waals surface area contributed by atoms with E-state index in [9.17, 15) is 9.59 Å². The second-order valence-corrected chi connectivity index (χ2v) is 4.15. The Labute approximate surface area is 115 Å². The van der Waals surface area contributed by atoms with Gasteiger partial charge in [0.05, 0.1) is 5.56 Å². The number of nitrogens with two attached hydrogens (primary N) is 2. The molecule has 0 unspecified atom stereocenters. The summed E-state index contributed by atoms with van der Waals surface area (Å²) in [6.45, 7) is 3.68. The maximum Gasteiger partial charge on any atom is 0.252 e. The summed E-state index contributed by atoms with van der Waals surface area (Å²) in [6.07, 6.45) is 2.12. The Kier molecular flexibility index (Phi) is 3.67. The third-order valence-electron chi connectivity index (χ3n) is 2.89. The third-order valence-corrected chi connectivity index (χ3v) is 2.89. The van der Waals surface area contributed by atoms with Gasteiger partial charge in [0.2, 0.25) is 6.41 Å². The number of aromatic amines is 1. The zero-order valence-electron chi connectivity index (χ0n) is 10.7. The second kappa shape index (κ2) is 5.41. The summed E-state index contributed by atoms with van der Waals surface area (Å²) in [5, 5.41) is 0.779. The van der Waals surface area contributed by atoms with Gasteiger partial charge in [-0.15, -0.1) is 0 Å². The van der Waals surface area contributed by atoms with E-state index in [2.05, 4.69) is 11.6 Å². The largest absolute Gasteiger partial charge is 0.365 e. The van der Waals surface area contributed by atoms with E-state index in [0.717, 1.165) is 16.1 Å². The molecule has 0 saturated heterocycles. The minimum Gasteiger partial charge on any atom is -0.365 e. The number of amides is 2. The minimum absolute atomic E-state index is 0.155. The second-order valence-electron chi connectivity index (χ2n) is 4.15. The molecule has 0 aliphatic rings. The van der Waals surface area contributed by atoms with E-state index in [-0.39, 0.29) is 11.4 Å². The molecular formula is C14H14N4O2. The van der Waals surface area contributed by atoms with Gasteiger partial charge in [-0.05, 0) is 17.2 Å². The molecule has 102 valence electrons. The fraction of sp³-hybridized carbons (Fsp3) is 0. The Bertz CT molecular complexity index is 658. The smallest absolute Gasteiger partial charge is 0.252 e. The number of hydrogen-bond acceptors (Lipinski definition) is 3. The van der Waals surface area contributed by atoms with E-state index in [1.54, 1.807) is 12.1 Å². The van der Waals surface area contributed by atoms with Crippen molar-refractivity contribution >= 4 is 24.2 Å². The van der Waals surface area contributed by atoms with Gasteiger partial charge >= 0.3 is 0 Å². The van der Waals surface area contributed by atoms with Gasteiger partial charge in [0.1, 0.15) is 5.82 Å². The molecule has 2 amide bonds. The van der Waals surface area contributed by atoms with Gasteiger partial charge in [-0.1, -0.05) is 36.9 Å². The molecule has 0 aliphatic carbocycles. The fourth-order valence-corrected chi connectivity index (χ4v) is 1.84. The lowest BCUT2D eigenvalue weighted by Gasteiger charge is -2.08. The van der Waals surface area contributed by atoms with Crippen LogP contribution < -0.4 is 16.6 Å². The summed E-state index contributed by atoms with van der Waals surface area (Å²) in [4.78, 5) is 25.0. The van der Waals surface area contributed by atoms with Crippen molar-refractivity contribution in [3.8, 4) is 11.3 Å². The normalized spacial score (nSPS) is 10.1. The van der Waals surface area contributed by atoms with Crippen molar-refractivity contribution < 1.29 is 9.59 Å². The molecule has 0 radical (unpaired) electrons. The lowest BCUT2D eigenvalue weighted by atomic mass is 10.1. The van der Waals surface area contributed by atoms with Crippen molar-refractivity contribution in [1.29, 1.82) is 0 Å². The van der Waals surface area contributed by atoms with E-state index >= 15 is 0 Å². The van der Waals surface area contributed by atoms with Crippen molar-refractivity contribution in [1.82, 2.24) is 4.98 Å². The number of nitrogens with one attached hydrogen (secondary N) is 1. The first-order valence-electron chi connectivity index (χ1n) is 5.81. The van der Waals surface area contributed by atoms with Crippen LogP contribution in [0.1, 0.15) is 15.9 Å². The quantitative estimate of drug-likeness (QED) is 0.329. The highest BCUT2D eigenvalue weighted by atomic mass is 16.1. The lowest BCUT2D eigenvalue weighted by molar-refractivity contribution is -0.107. The summed E-state index contributed by atoms with van der Waals surface area (Å²) in [5.74, 6) is 4.98. The van der Waals surface area contributed by atoms with E-state index in [1.165, 1.54) is 0 Å². The third kappa shape index (κ3) is 2.45. The molecule has 0 fully saturated rings. The molecule has 2 rings (SSSR count). The molecule has 0 saturated carbocycles. The molecule has 0 atom stereocenters. The fourth-order valence-electron chi connectivity index (χ4n) is 1.84. The molecule has 0 aliphatic heterocycles. The first kappa shape index (κ1) is 13.6. The van der Waals surface area contributed by atoms with E-state index in [4.69, 9.17) is 11.6 Å². The number of benzene rings is 1. The van der Waals surface area contributed by atoms with E-state index in [1.807, 2.05) is 24.3 Å². The highest BCUT2D eigenvalue weighted by Crippen LogP contribution is 2.26. The molecular weight excluding hydrogens is 256 g/mol. The number of hydrogen-bond donors (Lipinski definition) is 3. The van der Waals surface area contributed by atoms with Crippen LogP contribution in [0.5, 0.6) is 0 Å². The van der Waals surface area contributed by atoms with E-state index < -0.39 is 5.91 Å². The number of rotatable bonds is 5. The van der Waals surface area contributed by atoms with Crippen LogP contribution in [0, 0.1) is 0 Å². The number of nitrogens with zero attached hydrogens (tertiary/aromatic N) is 1. The van der Waals surface area contributed by atoms with Gasteiger partial charge in [0, 0.05) is 5.69 Å². The summed E-state index contributed by atoms with van der Waals surface area (Å²) in [6, 6.07) is 9.04. The molecule has 1 aromatic carbocycles. The number of aromatic nitrogens is 1. The number of carbonyl (C=O) groups is 2. The Morgan fingerprint density at radius 2 is 1.95 bits per heavy atom. The van der Waals surface area contributed by atoms with Crippen LogP contribution in [0.25, 0.3) is 17.3 Å². The topological polar surface area (TPSA) is 105 Å². The van der Waals surface area contributed by atoms with Crippen LogP contribution >= 0.6 is 0 Å². The first-order valence-corrected chi connectivity index (χ1v) is 5.81. The van der Waals surface area contributed by atoms with Crippen molar-refractivity contribution in [2.24, 2.45) is 11.6 Å². The maximum atomic E-state index is 11.4. The number of anilines is 1. The van der Waals surface area contributed by atoms with Gasteiger partial charge < -0.3 is 10.7 Å². The number of H-pyrrole nitrogens is 1. The summed E-state index contributed by atoms with van der Waals surface area (Å²) in [7, 11) is 0. The molecule has 20 heavy (non-hydrogen) atoms. The molecule has 6 nitrogen and oxygen atoms in total. The number of hydrazine groups is 1. The minimum atomic E-state index is -0.664. The zero-order chi connectivity index (χ0) is 14.7. The molecule has 2 aromatic rings. The van der Waals surface area contributed by atoms with Crippen LogP contribution in [-0.2, 0) is 4.79 Å². The highest BCUT2D eigenvalue weighted by molar-refractivity contribution is 6.01. The van der Waals surface area contributed by atoms with Gasteiger partial charge in [-0.2, -0.15) is 0 Å². The van der Waals surface area contributed by atoms with Gasteiger partial charge in [-0.25, -0.2) is 10.9 Å². The average Bonchev–Trinajstić information content (AvgIpc) is 2.92. The standard InChI is InChI=1S/C14H14N4O2/c1-2-9-3-5-10(6-4-9)12-7-11(13(15)20)14(17-12)18(16)8-19/h2-8,17H,1,16H2,(H2,15,20). The summed E-state index contributed by atoms with van der Waals surface area (Å²) >= 11 is 0. The van der Waals surface area contributed by atoms with Gasteiger partial charge in [-0.3, -0.25) is 9.59 Å². The van der Waals surface area contributed by atoms with E-state index in [0.29, 0.717) is 12.1 Å². The Hall–Kier alpha value is -2.86. The van der Waals surface area contributed by atoms with Crippen molar-refractivity contribution in [2.75, 3.05) is 5.01 Å². The molecule has 5 N–H and O–H groups in total. The van der Waals surface area contributed by atoms with Crippen molar-refractivity contribution in [2.45, 2.75) is 0 Å². The summed E-state index contributed by atoms with van der Waals surface area (Å²) in [5.41, 5.74) is 7.88. The molecule has 0 bridgehead atoms. The van der Waals surface area contributed by atoms with Crippen molar-refractivity contribution in [3.05, 3.63) is 48.0 Å². The van der Waals surface area contributed by atoms with Crippen LogP contribution in [0.3, 0.4) is 0 Å². The van der Waals surface area contributed by atoms with Crippen LogP contribution in [0.2, 0.25) is 0 Å².